The molecule has 2 bridgehead atoms. The molecule has 1 N–H and O–H groups in total. The third kappa shape index (κ3) is 1.51. The van der Waals surface area contributed by atoms with E-state index in [0.717, 1.165) is 37.3 Å². The minimum absolute atomic E-state index is 0.0517. The molecule has 1 heterocycles. The number of β-amino-alcohol motifs (C(OH)–C–C–N with tert-alkyl or cyclic N) is 1. The molecule has 4 atom stereocenters. The van der Waals surface area contributed by atoms with Crippen molar-refractivity contribution in [3.63, 3.8) is 0 Å². The summed E-state index contributed by atoms with van der Waals surface area (Å²) >= 11 is 0. The van der Waals surface area contributed by atoms with Crippen LogP contribution in [-0.2, 0) is 0 Å². The van der Waals surface area contributed by atoms with Gasteiger partial charge in [-0.15, -0.1) is 0 Å². The number of rotatable bonds is 2. The van der Waals surface area contributed by atoms with Gasteiger partial charge < -0.3 is 10.0 Å². The zero-order valence-corrected chi connectivity index (χ0v) is 8.60. The van der Waals surface area contributed by atoms with Crippen LogP contribution in [-0.4, -0.2) is 35.7 Å². The molecule has 2 aliphatic carbocycles. The van der Waals surface area contributed by atoms with Gasteiger partial charge in [-0.1, -0.05) is 12.2 Å². The Kier molecular flexibility index (Phi) is 2.14. The highest BCUT2D eigenvalue weighted by Gasteiger charge is 2.37. The Labute approximate surface area is 85.6 Å². The fourth-order valence-electron chi connectivity index (χ4n) is 3.41. The fourth-order valence-corrected chi connectivity index (χ4v) is 3.41. The first-order valence-electron chi connectivity index (χ1n) is 5.90. The van der Waals surface area contributed by atoms with Gasteiger partial charge in [0.05, 0.1) is 6.10 Å². The highest BCUT2D eigenvalue weighted by Crippen LogP contribution is 2.43. The van der Waals surface area contributed by atoms with E-state index in [0.29, 0.717) is 0 Å². The maximum atomic E-state index is 9.45. The molecule has 0 spiro atoms. The first-order chi connectivity index (χ1) is 6.81. The first kappa shape index (κ1) is 8.93. The lowest BCUT2D eigenvalue weighted by Gasteiger charge is -2.24. The Bertz CT molecular complexity index is 251. The number of nitrogens with zero attached hydrogens (tertiary/aromatic N) is 1. The van der Waals surface area contributed by atoms with Gasteiger partial charge in [0.15, 0.2) is 0 Å². The highest BCUT2D eigenvalue weighted by molar-refractivity contribution is 5.10. The molecule has 0 aromatic rings. The average molecular weight is 193 g/mol. The number of likely N-dealkylation sites (tertiary alicyclic amines) is 1. The molecule has 0 aromatic heterocycles. The van der Waals surface area contributed by atoms with Gasteiger partial charge >= 0.3 is 0 Å². The van der Waals surface area contributed by atoms with E-state index in [4.69, 9.17) is 0 Å². The minimum atomic E-state index is -0.0517. The largest absolute Gasteiger partial charge is 0.392 e. The lowest BCUT2D eigenvalue weighted by atomic mass is 9.93. The second-order valence-electron chi connectivity index (χ2n) is 5.24. The Balaban J connectivity index is 1.56. The van der Waals surface area contributed by atoms with E-state index >= 15 is 0 Å². The van der Waals surface area contributed by atoms with Gasteiger partial charge in [-0.3, -0.25) is 0 Å². The summed E-state index contributed by atoms with van der Waals surface area (Å²) in [5.74, 6) is 2.63. The van der Waals surface area contributed by atoms with Gasteiger partial charge in [-0.05, 0) is 37.0 Å². The second kappa shape index (κ2) is 3.35. The summed E-state index contributed by atoms with van der Waals surface area (Å²) in [5.41, 5.74) is 0. The van der Waals surface area contributed by atoms with E-state index in [9.17, 15) is 5.11 Å². The SMILES string of the molecule is O[C@H]1CCN(CC2CC3C=CC2C3)C1. The van der Waals surface area contributed by atoms with Crippen molar-refractivity contribution < 1.29 is 5.11 Å². The van der Waals surface area contributed by atoms with Crippen LogP contribution in [0.4, 0.5) is 0 Å². The normalized spacial score (nSPS) is 46.6. The van der Waals surface area contributed by atoms with E-state index in [1.807, 2.05) is 0 Å². The third-order valence-corrected chi connectivity index (χ3v) is 4.16. The van der Waals surface area contributed by atoms with Crippen LogP contribution in [0.3, 0.4) is 0 Å². The molecular weight excluding hydrogens is 174 g/mol. The van der Waals surface area contributed by atoms with Gasteiger partial charge in [0.1, 0.15) is 0 Å². The fraction of sp³-hybridized carbons (Fsp3) is 0.833. The number of fused-ring (bicyclic) bond motifs is 2. The summed E-state index contributed by atoms with van der Waals surface area (Å²) in [6, 6.07) is 0. The molecule has 1 saturated carbocycles. The van der Waals surface area contributed by atoms with Crippen molar-refractivity contribution in [2.24, 2.45) is 17.8 Å². The summed E-state index contributed by atoms with van der Waals surface area (Å²) in [7, 11) is 0. The molecule has 2 fully saturated rings. The second-order valence-corrected chi connectivity index (χ2v) is 5.24. The van der Waals surface area contributed by atoms with Crippen molar-refractivity contribution in [2.75, 3.05) is 19.6 Å². The zero-order chi connectivity index (χ0) is 9.54. The van der Waals surface area contributed by atoms with Crippen LogP contribution < -0.4 is 0 Å². The Hall–Kier alpha value is -0.340. The van der Waals surface area contributed by atoms with Crippen molar-refractivity contribution >= 4 is 0 Å². The summed E-state index contributed by atoms with van der Waals surface area (Å²) in [4.78, 5) is 2.45. The predicted molar refractivity (Wildman–Crippen MR) is 55.9 cm³/mol. The summed E-state index contributed by atoms with van der Waals surface area (Å²) in [6.45, 7) is 3.25. The Morgan fingerprint density at radius 2 is 2.21 bits per heavy atom. The topological polar surface area (TPSA) is 23.5 Å². The van der Waals surface area contributed by atoms with Crippen LogP contribution >= 0.6 is 0 Å². The smallest absolute Gasteiger partial charge is 0.0679 e. The maximum Gasteiger partial charge on any atom is 0.0679 e. The molecule has 1 aliphatic heterocycles. The number of hydrogen-bond donors (Lipinski definition) is 1. The van der Waals surface area contributed by atoms with E-state index in [-0.39, 0.29) is 6.10 Å². The van der Waals surface area contributed by atoms with Crippen LogP contribution in [0.1, 0.15) is 19.3 Å². The molecular formula is C12H19NO. The van der Waals surface area contributed by atoms with Crippen LogP contribution in [0.2, 0.25) is 0 Å². The molecule has 0 aromatic carbocycles. The van der Waals surface area contributed by atoms with Crippen molar-refractivity contribution in [2.45, 2.75) is 25.4 Å². The minimum Gasteiger partial charge on any atom is -0.392 e. The van der Waals surface area contributed by atoms with Crippen LogP contribution in [0.25, 0.3) is 0 Å². The summed E-state index contributed by atoms with van der Waals surface area (Å²) in [5, 5.41) is 9.45. The molecule has 3 aliphatic rings. The standard InChI is InChI=1S/C12H19NO/c14-12-3-4-13(8-12)7-11-6-9-1-2-10(11)5-9/h1-2,9-12,14H,3-8H2/t9?,10?,11?,12-/m0/s1. The van der Waals surface area contributed by atoms with Gasteiger partial charge in [-0.25, -0.2) is 0 Å². The van der Waals surface area contributed by atoms with E-state index in [1.54, 1.807) is 0 Å². The molecule has 0 radical (unpaired) electrons. The Morgan fingerprint density at radius 3 is 2.79 bits per heavy atom. The monoisotopic (exact) mass is 193 g/mol. The predicted octanol–water partition coefficient (Wildman–Crippen LogP) is 1.27. The van der Waals surface area contributed by atoms with E-state index < -0.39 is 0 Å². The quantitative estimate of drug-likeness (QED) is 0.667. The molecule has 14 heavy (non-hydrogen) atoms. The van der Waals surface area contributed by atoms with Crippen molar-refractivity contribution in [3.05, 3.63) is 12.2 Å². The molecule has 78 valence electrons. The van der Waals surface area contributed by atoms with Gasteiger partial charge in [0.2, 0.25) is 0 Å². The Morgan fingerprint density at radius 1 is 1.29 bits per heavy atom. The average Bonchev–Trinajstić information content (AvgIpc) is 2.82. The van der Waals surface area contributed by atoms with Crippen molar-refractivity contribution in [3.8, 4) is 0 Å². The van der Waals surface area contributed by atoms with Gasteiger partial charge in [-0.2, -0.15) is 0 Å². The molecule has 0 amide bonds. The zero-order valence-electron chi connectivity index (χ0n) is 8.60. The van der Waals surface area contributed by atoms with Crippen LogP contribution in [0.5, 0.6) is 0 Å². The van der Waals surface area contributed by atoms with Gasteiger partial charge in [0.25, 0.3) is 0 Å². The van der Waals surface area contributed by atoms with Crippen LogP contribution in [0, 0.1) is 17.8 Å². The molecule has 1 saturated heterocycles. The van der Waals surface area contributed by atoms with Crippen molar-refractivity contribution in [1.82, 2.24) is 4.90 Å². The first-order valence-corrected chi connectivity index (χ1v) is 5.90. The van der Waals surface area contributed by atoms with Gasteiger partial charge in [0, 0.05) is 19.6 Å². The van der Waals surface area contributed by atoms with E-state index in [2.05, 4.69) is 17.1 Å². The summed E-state index contributed by atoms with van der Waals surface area (Å²) < 4.78 is 0. The number of aliphatic hydroxyl groups is 1. The highest BCUT2D eigenvalue weighted by atomic mass is 16.3. The number of aliphatic hydroxyl groups excluding tert-OH is 1. The molecule has 2 nitrogen and oxygen atoms in total. The number of hydrogen-bond acceptors (Lipinski definition) is 2. The number of allylic oxidation sites excluding steroid dienone is 2. The summed E-state index contributed by atoms with van der Waals surface area (Å²) in [6.07, 6.45) is 8.56. The molecule has 3 unspecified atom stereocenters. The third-order valence-electron chi connectivity index (χ3n) is 4.16. The molecule has 2 heteroatoms. The lowest BCUT2D eigenvalue weighted by molar-refractivity contribution is 0.166. The maximum absolute atomic E-state index is 9.45. The van der Waals surface area contributed by atoms with E-state index in [1.165, 1.54) is 19.4 Å². The molecule has 3 rings (SSSR count). The lowest BCUT2D eigenvalue weighted by Crippen LogP contribution is -2.30. The van der Waals surface area contributed by atoms with Crippen LogP contribution in [0.15, 0.2) is 12.2 Å². The van der Waals surface area contributed by atoms with Crippen molar-refractivity contribution in [1.29, 1.82) is 0 Å².